The Morgan fingerprint density at radius 1 is 1.40 bits per heavy atom. The fourth-order valence-corrected chi connectivity index (χ4v) is 1.77. The van der Waals surface area contributed by atoms with Gasteiger partial charge in [-0.1, -0.05) is 13.8 Å². The number of benzene rings is 1. The van der Waals surface area contributed by atoms with Gasteiger partial charge in [-0.05, 0) is 18.2 Å². The van der Waals surface area contributed by atoms with E-state index in [-0.39, 0.29) is 17.2 Å². The van der Waals surface area contributed by atoms with Crippen molar-refractivity contribution in [2.24, 2.45) is 0 Å². The zero-order valence-corrected chi connectivity index (χ0v) is 11.5. The highest BCUT2D eigenvalue weighted by molar-refractivity contribution is 5.48. The van der Waals surface area contributed by atoms with Crippen LogP contribution in [0, 0.1) is 0 Å². The minimum Gasteiger partial charge on any atom is -0.508 e. The highest BCUT2D eigenvalue weighted by Gasteiger charge is 2.06. The maximum absolute atomic E-state index is 11.5. The van der Waals surface area contributed by atoms with Gasteiger partial charge >= 0.3 is 0 Å². The van der Waals surface area contributed by atoms with Gasteiger partial charge in [-0.15, -0.1) is 0 Å². The van der Waals surface area contributed by atoms with Gasteiger partial charge in [-0.2, -0.15) is 0 Å². The number of aromatic amines is 1. The van der Waals surface area contributed by atoms with Crippen LogP contribution in [-0.4, -0.2) is 15.1 Å². The molecule has 106 valence electrons. The van der Waals surface area contributed by atoms with Crippen LogP contribution in [0.25, 0.3) is 0 Å². The number of hydrogen-bond acceptors (Lipinski definition) is 5. The molecule has 0 bridgehead atoms. The van der Waals surface area contributed by atoms with Gasteiger partial charge in [0.15, 0.2) is 0 Å². The number of rotatable bonds is 4. The lowest BCUT2D eigenvalue weighted by atomic mass is 10.2. The Kier molecular flexibility index (Phi) is 3.93. The number of aromatic hydroxyl groups is 1. The molecule has 6 nitrogen and oxygen atoms in total. The third kappa shape index (κ3) is 3.28. The molecule has 0 saturated carbocycles. The molecule has 0 spiro atoms. The first-order valence-electron chi connectivity index (χ1n) is 6.38. The van der Waals surface area contributed by atoms with Gasteiger partial charge in [-0.3, -0.25) is 4.79 Å². The molecule has 5 N–H and O–H groups in total. The maximum atomic E-state index is 11.5. The summed E-state index contributed by atoms with van der Waals surface area (Å²) < 4.78 is 0. The molecule has 0 unspecified atom stereocenters. The Hall–Kier alpha value is -2.50. The summed E-state index contributed by atoms with van der Waals surface area (Å²) in [5, 5.41) is 12.7. The lowest BCUT2D eigenvalue weighted by Gasteiger charge is -2.10. The number of nitrogens with two attached hydrogens (primary N) is 1. The van der Waals surface area contributed by atoms with Crippen molar-refractivity contribution in [3.8, 4) is 5.75 Å². The van der Waals surface area contributed by atoms with Crippen molar-refractivity contribution in [3.63, 3.8) is 0 Å². The molecule has 0 fully saturated rings. The van der Waals surface area contributed by atoms with Crippen molar-refractivity contribution < 1.29 is 5.11 Å². The van der Waals surface area contributed by atoms with E-state index in [4.69, 9.17) is 5.73 Å². The van der Waals surface area contributed by atoms with Gasteiger partial charge < -0.3 is 21.1 Å². The summed E-state index contributed by atoms with van der Waals surface area (Å²) in [6.45, 7) is 4.24. The van der Waals surface area contributed by atoms with Crippen molar-refractivity contribution >= 4 is 11.5 Å². The van der Waals surface area contributed by atoms with Crippen LogP contribution in [0.15, 0.2) is 29.1 Å². The molecular formula is C14H18N4O2. The quantitative estimate of drug-likeness (QED) is 0.502. The minimum atomic E-state index is -0.206. The third-order valence-corrected chi connectivity index (χ3v) is 2.87. The van der Waals surface area contributed by atoms with Crippen LogP contribution in [-0.2, 0) is 6.54 Å². The van der Waals surface area contributed by atoms with Crippen LogP contribution in [0.4, 0.5) is 11.5 Å². The van der Waals surface area contributed by atoms with Gasteiger partial charge in [0.2, 0.25) is 0 Å². The van der Waals surface area contributed by atoms with Gasteiger partial charge in [0.1, 0.15) is 17.4 Å². The molecule has 2 aromatic rings. The van der Waals surface area contributed by atoms with Crippen molar-refractivity contribution in [2.75, 3.05) is 11.1 Å². The molecule has 0 aliphatic rings. The molecule has 0 atom stereocenters. The fraction of sp³-hybridized carbons (Fsp3) is 0.286. The zero-order chi connectivity index (χ0) is 14.7. The largest absolute Gasteiger partial charge is 0.508 e. The molecule has 0 aliphatic carbocycles. The second-order valence-corrected chi connectivity index (χ2v) is 4.91. The summed E-state index contributed by atoms with van der Waals surface area (Å²) in [5.74, 6) is 1.38. The summed E-state index contributed by atoms with van der Waals surface area (Å²) in [6, 6.07) is 6.23. The van der Waals surface area contributed by atoms with Gasteiger partial charge in [-0.25, -0.2) is 4.98 Å². The topological polar surface area (TPSA) is 104 Å². The lowest BCUT2D eigenvalue weighted by molar-refractivity contribution is 0.469. The second kappa shape index (κ2) is 5.64. The number of anilines is 2. The molecule has 0 radical (unpaired) electrons. The van der Waals surface area contributed by atoms with Crippen molar-refractivity contribution in [1.82, 2.24) is 9.97 Å². The Morgan fingerprint density at radius 2 is 2.15 bits per heavy atom. The van der Waals surface area contributed by atoms with E-state index in [9.17, 15) is 9.90 Å². The molecule has 0 saturated heterocycles. The van der Waals surface area contributed by atoms with E-state index in [1.807, 2.05) is 13.8 Å². The summed E-state index contributed by atoms with van der Waals surface area (Å²) in [7, 11) is 0. The fourth-order valence-electron chi connectivity index (χ4n) is 1.77. The van der Waals surface area contributed by atoms with E-state index in [1.165, 1.54) is 12.1 Å². The smallest absolute Gasteiger partial charge is 0.252 e. The molecule has 6 heteroatoms. The first-order chi connectivity index (χ1) is 9.45. The number of phenols is 1. The number of hydrogen-bond donors (Lipinski definition) is 4. The van der Waals surface area contributed by atoms with Gasteiger partial charge in [0, 0.05) is 29.8 Å². The van der Waals surface area contributed by atoms with E-state index in [2.05, 4.69) is 15.3 Å². The van der Waals surface area contributed by atoms with Gasteiger partial charge in [0.25, 0.3) is 5.56 Å². The standard InChI is InChI=1S/C14H18N4O2/c1-8(2)14-17-12(6-13(20)18-14)16-7-9-5-10(15)3-4-11(9)19/h3-6,8,19H,7,15H2,1-2H3,(H2,16,17,18,20). The number of nitrogens with zero attached hydrogens (tertiary/aromatic N) is 1. The molecule has 2 rings (SSSR count). The minimum absolute atomic E-state index is 0.130. The molecule has 20 heavy (non-hydrogen) atoms. The van der Waals surface area contributed by atoms with Crippen LogP contribution in [0.1, 0.15) is 31.2 Å². The van der Waals surface area contributed by atoms with E-state index < -0.39 is 0 Å². The monoisotopic (exact) mass is 274 g/mol. The summed E-state index contributed by atoms with van der Waals surface area (Å²) in [5.41, 5.74) is 6.69. The van der Waals surface area contributed by atoms with Crippen LogP contribution in [0.3, 0.4) is 0 Å². The lowest BCUT2D eigenvalue weighted by Crippen LogP contribution is -2.14. The van der Waals surface area contributed by atoms with E-state index >= 15 is 0 Å². The van der Waals surface area contributed by atoms with Crippen molar-refractivity contribution in [1.29, 1.82) is 0 Å². The molecule has 1 heterocycles. The number of aromatic nitrogens is 2. The van der Waals surface area contributed by atoms with Crippen molar-refractivity contribution in [3.05, 3.63) is 46.0 Å². The van der Waals surface area contributed by atoms with E-state index in [0.29, 0.717) is 29.4 Å². The predicted molar refractivity (Wildman–Crippen MR) is 78.8 cm³/mol. The molecule has 1 aromatic heterocycles. The third-order valence-electron chi connectivity index (χ3n) is 2.87. The summed E-state index contributed by atoms with van der Waals surface area (Å²) in [6.07, 6.45) is 0. The number of H-pyrrole nitrogens is 1. The number of nitrogen functional groups attached to an aromatic ring is 1. The average molecular weight is 274 g/mol. The first-order valence-corrected chi connectivity index (χ1v) is 6.38. The Labute approximate surface area is 116 Å². The normalized spacial score (nSPS) is 10.8. The second-order valence-electron chi connectivity index (χ2n) is 4.91. The SMILES string of the molecule is CC(C)c1nc(NCc2cc(N)ccc2O)cc(=O)[nH]1. The van der Waals surface area contributed by atoms with Crippen LogP contribution in [0.2, 0.25) is 0 Å². The Balaban J connectivity index is 2.18. The zero-order valence-electron chi connectivity index (χ0n) is 11.5. The van der Waals surface area contributed by atoms with Crippen molar-refractivity contribution in [2.45, 2.75) is 26.3 Å². The molecular weight excluding hydrogens is 256 g/mol. The molecule has 0 aliphatic heterocycles. The predicted octanol–water partition coefficient (Wildman–Crippen LogP) is 1.79. The molecule has 1 aromatic carbocycles. The summed E-state index contributed by atoms with van der Waals surface area (Å²) >= 11 is 0. The summed E-state index contributed by atoms with van der Waals surface area (Å²) in [4.78, 5) is 18.6. The highest BCUT2D eigenvalue weighted by Crippen LogP contribution is 2.20. The van der Waals surface area contributed by atoms with Crippen LogP contribution in [0.5, 0.6) is 5.75 Å². The Morgan fingerprint density at radius 3 is 2.85 bits per heavy atom. The number of nitrogens with one attached hydrogen (secondary N) is 2. The Bertz CT molecular complexity index is 664. The number of phenolic OH excluding ortho intramolecular Hbond substituents is 1. The maximum Gasteiger partial charge on any atom is 0.252 e. The average Bonchev–Trinajstić information content (AvgIpc) is 2.39. The highest BCUT2D eigenvalue weighted by atomic mass is 16.3. The molecule has 0 amide bonds. The van der Waals surface area contributed by atoms with Gasteiger partial charge in [0.05, 0.1) is 0 Å². The van der Waals surface area contributed by atoms with Crippen LogP contribution >= 0.6 is 0 Å². The van der Waals surface area contributed by atoms with Crippen LogP contribution < -0.4 is 16.6 Å². The van der Waals surface area contributed by atoms with E-state index in [1.54, 1.807) is 12.1 Å². The first kappa shape index (κ1) is 13.9. The van der Waals surface area contributed by atoms with E-state index in [0.717, 1.165) is 0 Å².